The smallest absolute Gasteiger partial charge is 0.114 e. The van der Waals surface area contributed by atoms with E-state index in [9.17, 15) is 0 Å². The summed E-state index contributed by atoms with van der Waals surface area (Å²) in [7, 11) is 2.14. The lowest BCUT2D eigenvalue weighted by Crippen LogP contribution is -2.34. The molecule has 0 bridgehead atoms. The van der Waals surface area contributed by atoms with Gasteiger partial charge in [0.1, 0.15) is 5.82 Å². The summed E-state index contributed by atoms with van der Waals surface area (Å²) in [4.78, 5) is 11.8. The predicted molar refractivity (Wildman–Crippen MR) is 90.1 cm³/mol. The van der Waals surface area contributed by atoms with Crippen LogP contribution in [0.25, 0.3) is 11.0 Å². The molecule has 1 aliphatic rings. The second-order valence-electron chi connectivity index (χ2n) is 6.07. The maximum absolute atomic E-state index is 4.89. The Bertz CT molecular complexity index is 762. The van der Waals surface area contributed by atoms with Crippen molar-refractivity contribution in [1.82, 2.24) is 19.4 Å². The number of thiazole rings is 1. The number of imidazole rings is 1. The number of hydrogen-bond donors (Lipinski definition) is 0. The Kier molecular flexibility index (Phi) is 3.68. The average Bonchev–Trinajstić information content (AvgIpc) is 3.16. The summed E-state index contributed by atoms with van der Waals surface area (Å²) in [5, 5.41) is 2.15. The minimum Gasteiger partial charge on any atom is -0.331 e. The van der Waals surface area contributed by atoms with Crippen LogP contribution in [0.4, 0.5) is 0 Å². The van der Waals surface area contributed by atoms with Crippen molar-refractivity contribution in [3.63, 3.8) is 0 Å². The third-order valence-electron chi connectivity index (χ3n) is 4.56. The van der Waals surface area contributed by atoms with Crippen molar-refractivity contribution in [3.8, 4) is 0 Å². The fourth-order valence-corrected chi connectivity index (χ4v) is 4.03. The van der Waals surface area contributed by atoms with E-state index in [0.717, 1.165) is 25.2 Å². The number of aryl methyl sites for hydroxylation is 1. The predicted octanol–water partition coefficient (Wildman–Crippen LogP) is 3.41. The van der Waals surface area contributed by atoms with E-state index >= 15 is 0 Å². The number of fused-ring (bicyclic) bond motifs is 1. The molecule has 1 atom stereocenters. The van der Waals surface area contributed by atoms with Crippen LogP contribution in [0.5, 0.6) is 0 Å². The highest BCUT2D eigenvalue weighted by atomic mass is 32.1. The molecule has 22 heavy (non-hydrogen) atoms. The van der Waals surface area contributed by atoms with E-state index in [0.29, 0.717) is 5.92 Å². The van der Waals surface area contributed by atoms with Crippen molar-refractivity contribution in [2.45, 2.75) is 25.3 Å². The number of nitrogens with zero attached hydrogens (tertiary/aromatic N) is 4. The second kappa shape index (κ2) is 5.82. The Morgan fingerprint density at radius 1 is 1.32 bits per heavy atom. The molecule has 0 unspecified atom stereocenters. The summed E-state index contributed by atoms with van der Waals surface area (Å²) < 4.78 is 2.27. The van der Waals surface area contributed by atoms with Gasteiger partial charge in [-0.15, -0.1) is 11.3 Å². The molecule has 4 nitrogen and oxygen atoms in total. The first-order chi connectivity index (χ1) is 10.8. The molecular weight excluding hydrogens is 292 g/mol. The van der Waals surface area contributed by atoms with Crippen molar-refractivity contribution in [1.29, 1.82) is 0 Å². The summed E-state index contributed by atoms with van der Waals surface area (Å²) in [5.74, 6) is 1.74. The zero-order valence-corrected chi connectivity index (χ0v) is 13.6. The van der Waals surface area contributed by atoms with Crippen LogP contribution in [-0.2, 0) is 13.6 Å². The lowest BCUT2D eigenvalue weighted by molar-refractivity contribution is 0.194. The van der Waals surface area contributed by atoms with Gasteiger partial charge in [-0.2, -0.15) is 0 Å². The summed E-state index contributed by atoms with van der Waals surface area (Å²) in [6.07, 6.45) is 2.46. The highest BCUT2D eigenvalue weighted by Gasteiger charge is 2.25. The molecule has 4 rings (SSSR count). The highest BCUT2D eigenvalue weighted by Crippen LogP contribution is 2.29. The standard InChI is InChI=1S/C17H20N4S/c1-20-16-7-3-2-6-15(16)19-17(20)13-5-4-8-21(9-13)10-14-11-22-12-18-14/h2-3,6-7,11-13H,4-5,8-10H2,1H3/t13-/m0/s1. The van der Waals surface area contributed by atoms with E-state index in [2.05, 4.69) is 51.1 Å². The number of para-hydroxylation sites is 2. The molecule has 1 aliphatic heterocycles. The van der Waals surface area contributed by atoms with Gasteiger partial charge in [0.05, 0.1) is 22.2 Å². The van der Waals surface area contributed by atoms with Crippen molar-refractivity contribution >= 4 is 22.4 Å². The first-order valence-corrected chi connectivity index (χ1v) is 8.76. The van der Waals surface area contributed by atoms with Crippen LogP contribution >= 0.6 is 11.3 Å². The van der Waals surface area contributed by atoms with Gasteiger partial charge in [0, 0.05) is 31.4 Å². The average molecular weight is 312 g/mol. The molecule has 3 heterocycles. The van der Waals surface area contributed by atoms with E-state index in [-0.39, 0.29) is 0 Å². The number of benzene rings is 1. The fourth-order valence-electron chi connectivity index (χ4n) is 3.48. The van der Waals surface area contributed by atoms with Crippen LogP contribution in [0.2, 0.25) is 0 Å². The molecule has 3 aromatic rings. The molecule has 1 aromatic carbocycles. The van der Waals surface area contributed by atoms with Gasteiger partial charge in [-0.1, -0.05) is 12.1 Å². The molecule has 1 saturated heterocycles. The van der Waals surface area contributed by atoms with Crippen molar-refractivity contribution in [2.24, 2.45) is 7.05 Å². The van der Waals surface area contributed by atoms with E-state index in [1.807, 2.05) is 5.51 Å². The van der Waals surface area contributed by atoms with Crippen LogP contribution in [0.15, 0.2) is 35.2 Å². The molecule has 1 fully saturated rings. The Hall–Kier alpha value is -1.72. The Labute approximate surface area is 134 Å². The van der Waals surface area contributed by atoms with Crippen molar-refractivity contribution < 1.29 is 0 Å². The van der Waals surface area contributed by atoms with E-state index < -0.39 is 0 Å². The SMILES string of the molecule is Cn1c([C@H]2CCCN(Cc3cscn3)C2)nc2ccccc21. The van der Waals surface area contributed by atoms with Crippen LogP contribution in [0, 0.1) is 0 Å². The Balaban J connectivity index is 1.57. The number of rotatable bonds is 3. The number of hydrogen-bond acceptors (Lipinski definition) is 4. The normalized spacial score (nSPS) is 19.8. The maximum Gasteiger partial charge on any atom is 0.114 e. The Morgan fingerprint density at radius 3 is 3.05 bits per heavy atom. The van der Waals surface area contributed by atoms with E-state index in [1.54, 1.807) is 11.3 Å². The molecule has 0 radical (unpaired) electrons. The monoisotopic (exact) mass is 312 g/mol. The minimum atomic E-state index is 0.518. The van der Waals surface area contributed by atoms with Gasteiger partial charge in [0.2, 0.25) is 0 Å². The first kappa shape index (κ1) is 13.9. The van der Waals surface area contributed by atoms with Crippen LogP contribution in [0.3, 0.4) is 0 Å². The minimum absolute atomic E-state index is 0.518. The Morgan fingerprint density at radius 2 is 2.23 bits per heavy atom. The largest absolute Gasteiger partial charge is 0.331 e. The van der Waals surface area contributed by atoms with Crippen molar-refractivity contribution in [3.05, 3.63) is 46.7 Å². The van der Waals surface area contributed by atoms with Gasteiger partial charge >= 0.3 is 0 Å². The fraction of sp³-hybridized carbons (Fsp3) is 0.412. The molecule has 2 aromatic heterocycles. The molecule has 5 heteroatoms. The van der Waals surface area contributed by atoms with Crippen LogP contribution in [0.1, 0.15) is 30.3 Å². The van der Waals surface area contributed by atoms with E-state index in [1.165, 1.54) is 29.9 Å². The molecular formula is C17H20N4S. The zero-order chi connectivity index (χ0) is 14.9. The van der Waals surface area contributed by atoms with Gasteiger partial charge in [-0.05, 0) is 31.5 Å². The van der Waals surface area contributed by atoms with Gasteiger partial charge in [0.15, 0.2) is 0 Å². The maximum atomic E-state index is 4.89. The van der Waals surface area contributed by atoms with Gasteiger partial charge in [-0.25, -0.2) is 9.97 Å². The molecule has 0 N–H and O–H groups in total. The number of piperidine rings is 1. The molecule has 0 spiro atoms. The number of likely N-dealkylation sites (tertiary alicyclic amines) is 1. The lowest BCUT2D eigenvalue weighted by atomic mass is 9.97. The van der Waals surface area contributed by atoms with Crippen molar-refractivity contribution in [2.75, 3.05) is 13.1 Å². The van der Waals surface area contributed by atoms with Gasteiger partial charge < -0.3 is 4.57 Å². The molecule has 0 saturated carbocycles. The second-order valence-corrected chi connectivity index (χ2v) is 6.79. The van der Waals surface area contributed by atoms with Gasteiger partial charge in [0.25, 0.3) is 0 Å². The number of aromatic nitrogens is 3. The van der Waals surface area contributed by atoms with Crippen LogP contribution in [-0.4, -0.2) is 32.5 Å². The topological polar surface area (TPSA) is 34.0 Å². The lowest BCUT2D eigenvalue weighted by Gasteiger charge is -2.31. The highest BCUT2D eigenvalue weighted by molar-refractivity contribution is 7.07. The quantitative estimate of drug-likeness (QED) is 0.743. The zero-order valence-electron chi connectivity index (χ0n) is 12.8. The summed E-state index contributed by atoms with van der Waals surface area (Å²) in [6.45, 7) is 3.20. The third-order valence-corrected chi connectivity index (χ3v) is 5.20. The molecule has 114 valence electrons. The summed E-state index contributed by atoms with van der Waals surface area (Å²) in [5.41, 5.74) is 5.45. The molecule has 0 aliphatic carbocycles. The van der Waals surface area contributed by atoms with Gasteiger partial charge in [-0.3, -0.25) is 4.90 Å². The molecule has 0 amide bonds. The first-order valence-electron chi connectivity index (χ1n) is 7.82. The third kappa shape index (κ3) is 2.55. The van der Waals surface area contributed by atoms with Crippen LogP contribution < -0.4 is 0 Å². The van der Waals surface area contributed by atoms with E-state index in [4.69, 9.17) is 4.98 Å². The summed E-state index contributed by atoms with van der Waals surface area (Å²) in [6, 6.07) is 8.41. The summed E-state index contributed by atoms with van der Waals surface area (Å²) >= 11 is 1.68.